The van der Waals surface area contributed by atoms with Gasteiger partial charge < -0.3 is 14.9 Å². The van der Waals surface area contributed by atoms with Gasteiger partial charge >= 0.3 is 0 Å². The van der Waals surface area contributed by atoms with E-state index in [1.165, 1.54) is 0 Å². The Balaban J connectivity index is 2.30. The van der Waals surface area contributed by atoms with Gasteiger partial charge in [-0.15, -0.1) is 0 Å². The number of nitrogens with zero attached hydrogens (tertiary/aromatic N) is 2. The van der Waals surface area contributed by atoms with Crippen LogP contribution in [0.25, 0.3) is 11.5 Å². The Morgan fingerprint density at radius 2 is 2.20 bits per heavy atom. The smallest absolute Gasteiger partial charge is 0.258 e. The van der Waals surface area contributed by atoms with Gasteiger partial charge in [-0.3, -0.25) is 4.79 Å². The van der Waals surface area contributed by atoms with Gasteiger partial charge in [0, 0.05) is 0 Å². The second kappa shape index (κ2) is 6.29. The summed E-state index contributed by atoms with van der Waals surface area (Å²) in [6, 6.07) is 6.74. The Bertz CT molecular complexity index is 591. The molecular formula is C14H17N3O3. The lowest BCUT2D eigenvalue weighted by atomic mass is 10.1. The zero-order chi connectivity index (χ0) is 14.5. The van der Waals surface area contributed by atoms with Crippen LogP contribution in [0.3, 0.4) is 0 Å². The van der Waals surface area contributed by atoms with E-state index < -0.39 is 0 Å². The molecule has 6 nitrogen and oxygen atoms in total. The fraction of sp³-hybridized carbons (Fsp3) is 0.357. The van der Waals surface area contributed by atoms with E-state index in [4.69, 9.17) is 9.63 Å². The molecule has 1 amide bonds. The zero-order valence-corrected chi connectivity index (χ0v) is 11.5. The number of aliphatic hydroxyl groups is 1. The number of nitrogens with one attached hydrogen (secondary N) is 1. The van der Waals surface area contributed by atoms with Crippen LogP contribution in [0.2, 0.25) is 0 Å². The molecule has 0 aliphatic rings. The molecule has 0 fully saturated rings. The molecule has 1 atom stereocenters. The molecule has 0 spiro atoms. The molecule has 2 aromatic rings. The number of carbonyl (C=O) groups excluding carboxylic acids is 1. The minimum absolute atomic E-state index is 0.0932. The summed E-state index contributed by atoms with van der Waals surface area (Å²) < 4.78 is 5.11. The van der Waals surface area contributed by atoms with Crippen LogP contribution < -0.4 is 5.32 Å². The fourth-order valence-electron chi connectivity index (χ4n) is 1.81. The molecule has 2 N–H and O–H groups in total. The number of aromatic nitrogens is 2. The Morgan fingerprint density at radius 3 is 2.80 bits per heavy atom. The van der Waals surface area contributed by atoms with Crippen LogP contribution in [0.5, 0.6) is 0 Å². The molecule has 1 aromatic heterocycles. The Hall–Kier alpha value is -2.21. The van der Waals surface area contributed by atoms with Crippen molar-refractivity contribution in [1.29, 1.82) is 0 Å². The highest BCUT2D eigenvalue weighted by atomic mass is 16.5. The van der Waals surface area contributed by atoms with Crippen molar-refractivity contribution < 1.29 is 14.4 Å². The first kappa shape index (κ1) is 14.2. The summed E-state index contributed by atoms with van der Waals surface area (Å²) in [7, 11) is 0. The number of hydrogen-bond donors (Lipinski definition) is 2. The fourth-order valence-corrected chi connectivity index (χ4v) is 1.81. The molecule has 106 valence electrons. The summed E-state index contributed by atoms with van der Waals surface area (Å²) in [6.07, 6.45) is 0.657. The maximum atomic E-state index is 12.3. The van der Waals surface area contributed by atoms with E-state index in [9.17, 15) is 4.79 Å². The summed E-state index contributed by atoms with van der Waals surface area (Å²) in [5.74, 6) is 0.555. The molecule has 20 heavy (non-hydrogen) atoms. The lowest BCUT2D eigenvalue weighted by Crippen LogP contribution is -2.37. The lowest BCUT2D eigenvalue weighted by Gasteiger charge is -2.14. The number of benzene rings is 1. The van der Waals surface area contributed by atoms with Crippen molar-refractivity contribution in [2.45, 2.75) is 26.3 Å². The van der Waals surface area contributed by atoms with Crippen molar-refractivity contribution in [3.8, 4) is 11.5 Å². The number of aryl methyl sites for hydroxylation is 1. The van der Waals surface area contributed by atoms with Crippen LogP contribution >= 0.6 is 0 Å². The van der Waals surface area contributed by atoms with Crippen molar-refractivity contribution in [2.75, 3.05) is 6.61 Å². The quantitative estimate of drug-likeness (QED) is 0.864. The zero-order valence-electron chi connectivity index (χ0n) is 11.5. The SMILES string of the molecule is CCC(CO)NC(=O)c1ccccc1-c1nc(C)no1. The minimum Gasteiger partial charge on any atom is -0.394 e. The number of carbonyl (C=O) groups is 1. The highest BCUT2D eigenvalue weighted by Crippen LogP contribution is 2.21. The molecule has 6 heteroatoms. The van der Waals surface area contributed by atoms with Gasteiger partial charge in [0.1, 0.15) is 0 Å². The van der Waals surface area contributed by atoms with Gasteiger partial charge in [-0.25, -0.2) is 0 Å². The predicted octanol–water partition coefficient (Wildman–Crippen LogP) is 1.55. The number of aliphatic hydroxyl groups excluding tert-OH is 1. The second-order valence-corrected chi connectivity index (χ2v) is 4.45. The monoisotopic (exact) mass is 275 g/mol. The second-order valence-electron chi connectivity index (χ2n) is 4.45. The molecule has 0 aliphatic carbocycles. The van der Waals surface area contributed by atoms with Gasteiger partial charge in [-0.1, -0.05) is 24.2 Å². The van der Waals surface area contributed by atoms with Crippen LogP contribution in [0, 0.1) is 6.92 Å². The van der Waals surface area contributed by atoms with E-state index in [-0.39, 0.29) is 18.6 Å². The maximum absolute atomic E-state index is 12.3. The summed E-state index contributed by atoms with van der Waals surface area (Å²) in [5, 5.41) is 15.7. The molecule has 0 bridgehead atoms. The van der Waals surface area contributed by atoms with E-state index in [1.54, 1.807) is 31.2 Å². The van der Waals surface area contributed by atoms with Crippen molar-refractivity contribution in [2.24, 2.45) is 0 Å². The molecule has 0 saturated heterocycles. The first-order valence-electron chi connectivity index (χ1n) is 6.47. The van der Waals surface area contributed by atoms with Crippen LogP contribution in [-0.2, 0) is 0 Å². The third-order valence-corrected chi connectivity index (χ3v) is 2.98. The number of amides is 1. The maximum Gasteiger partial charge on any atom is 0.258 e. The van der Waals surface area contributed by atoms with Crippen molar-refractivity contribution >= 4 is 5.91 Å². The topological polar surface area (TPSA) is 88.2 Å². The van der Waals surface area contributed by atoms with Crippen molar-refractivity contribution in [1.82, 2.24) is 15.5 Å². The first-order valence-corrected chi connectivity index (χ1v) is 6.47. The summed E-state index contributed by atoms with van der Waals surface area (Å²) in [6.45, 7) is 3.52. The Morgan fingerprint density at radius 1 is 1.45 bits per heavy atom. The molecule has 1 heterocycles. The average Bonchev–Trinajstić information content (AvgIpc) is 2.91. The lowest BCUT2D eigenvalue weighted by molar-refractivity contribution is 0.0915. The first-order chi connectivity index (χ1) is 9.65. The van der Waals surface area contributed by atoms with Crippen LogP contribution in [0.1, 0.15) is 29.5 Å². The predicted molar refractivity (Wildman–Crippen MR) is 73.1 cm³/mol. The average molecular weight is 275 g/mol. The third-order valence-electron chi connectivity index (χ3n) is 2.98. The highest BCUT2D eigenvalue weighted by molar-refractivity contribution is 6.00. The van der Waals surface area contributed by atoms with Gasteiger partial charge in [0.05, 0.1) is 23.8 Å². The normalized spacial score (nSPS) is 12.2. The summed E-state index contributed by atoms with van der Waals surface area (Å²) in [4.78, 5) is 16.4. The largest absolute Gasteiger partial charge is 0.394 e. The number of rotatable bonds is 5. The van der Waals surface area contributed by atoms with E-state index in [0.29, 0.717) is 29.3 Å². The van der Waals surface area contributed by atoms with Gasteiger partial charge in [0.15, 0.2) is 5.82 Å². The molecule has 0 saturated carbocycles. The van der Waals surface area contributed by atoms with Gasteiger partial charge in [0.2, 0.25) is 0 Å². The van der Waals surface area contributed by atoms with E-state index in [1.807, 2.05) is 6.92 Å². The third kappa shape index (κ3) is 3.03. The number of hydrogen-bond acceptors (Lipinski definition) is 5. The molecule has 1 unspecified atom stereocenters. The van der Waals surface area contributed by atoms with E-state index >= 15 is 0 Å². The van der Waals surface area contributed by atoms with Crippen molar-refractivity contribution in [3.05, 3.63) is 35.7 Å². The van der Waals surface area contributed by atoms with E-state index in [2.05, 4.69) is 15.5 Å². The molecule has 0 aliphatic heterocycles. The summed E-state index contributed by atoms with van der Waals surface area (Å²) >= 11 is 0. The van der Waals surface area contributed by atoms with Gasteiger partial charge in [-0.2, -0.15) is 4.98 Å². The van der Waals surface area contributed by atoms with Gasteiger partial charge in [-0.05, 0) is 25.5 Å². The highest BCUT2D eigenvalue weighted by Gasteiger charge is 2.18. The standard InChI is InChI=1S/C14H17N3O3/c1-3-10(8-18)16-13(19)11-6-4-5-7-12(11)14-15-9(2)17-20-14/h4-7,10,18H,3,8H2,1-2H3,(H,16,19). The molecule has 1 aromatic carbocycles. The molecule has 0 radical (unpaired) electrons. The van der Waals surface area contributed by atoms with Crippen LogP contribution in [0.4, 0.5) is 0 Å². The van der Waals surface area contributed by atoms with Crippen molar-refractivity contribution in [3.63, 3.8) is 0 Å². The Labute approximate surface area is 116 Å². The van der Waals surface area contributed by atoms with Gasteiger partial charge in [0.25, 0.3) is 11.8 Å². The van der Waals surface area contributed by atoms with Crippen LogP contribution in [0.15, 0.2) is 28.8 Å². The summed E-state index contributed by atoms with van der Waals surface area (Å²) in [5.41, 5.74) is 1.03. The molecular weight excluding hydrogens is 258 g/mol. The van der Waals surface area contributed by atoms with Crippen LogP contribution in [-0.4, -0.2) is 33.8 Å². The molecule has 2 rings (SSSR count). The minimum atomic E-state index is -0.266. The van der Waals surface area contributed by atoms with E-state index in [0.717, 1.165) is 0 Å². The Kier molecular flexibility index (Phi) is 4.47.